The molecule has 0 saturated carbocycles. The SMILES string of the molecule is O=C(CNc1ccc(F)c(F)c1)Nc1ccccc1C(F)(F)F. The van der Waals surface area contributed by atoms with Gasteiger partial charge in [-0.05, 0) is 24.3 Å². The molecule has 0 fully saturated rings. The third kappa shape index (κ3) is 4.41. The number of carbonyl (C=O) groups excluding carboxylic acids is 1. The highest BCUT2D eigenvalue weighted by Gasteiger charge is 2.33. The number of nitrogens with one attached hydrogen (secondary N) is 2. The normalized spacial score (nSPS) is 11.2. The Labute approximate surface area is 128 Å². The molecule has 122 valence electrons. The highest BCUT2D eigenvalue weighted by atomic mass is 19.4. The monoisotopic (exact) mass is 330 g/mol. The molecule has 0 aliphatic heterocycles. The molecule has 2 N–H and O–H groups in total. The fraction of sp³-hybridized carbons (Fsp3) is 0.133. The van der Waals surface area contributed by atoms with Gasteiger partial charge in [0.05, 0.1) is 17.8 Å². The maximum Gasteiger partial charge on any atom is 0.418 e. The van der Waals surface area contributed by atoms with Crippen LogP contribution in [-0.2, 0) is 11.0 Å². The molecule has 0 atom stereocenters. The van der Waals surface area contributed by atoms with E-state index in [1.54, 1.807) is 0 Å². The minimum absolute atomic E-state index is 0.128. The molecule has 0 aliphatic rings. The first-order valence-corrected chi connectivity index (χ1v) is 6.42. The predicted octanol–water partition coefficient (Wildman–Crippen LogP) is 4.03. The van der Waals surface area contributed by atoms with Crippen LogP contribution in [0.4, 0.5) is 33.3 Å². The van der Waals surface area contributed by atoms with Gasteiger partial charge >= 0.3 is 6.18 Å². The first-order valence-electron chi connectivity index (χ1n) is 6.42. The van der Waals surface area contributed by atoms with Crippen LogP contribution in [0.25, 0.3) is 0 Å². The summed E-state index contributed by atoms with van der Waals surface area (Å²) < 4.78 is 64.1. The number of alkyl halides is 3. The van der Waals surface area contributed by atoms with E-state index in [9.17, 15) is 26.7 Å². The van der Waals surface area contributed by atoms with E-state index in [2.05, 4.69) is 10.6 Å². The van der Waals surface area contributed by atoms with E-state index in [0.29, 0.717) is 0 Å². The molecular weight excluding hydrogens is 319 g/mol. The van der Waals surface area contributed by atoms with Crippen molar-refractivity contribution in [3.8, 4) is 0 Å². The largest absolute Gasteiger partial charge is 0.418 e. The van der Waals surface area contributed by atoms with E-state index >= 15 is 0 Å². The van der Waals surface area contributed by atoms with Gasteiger partial charge in [-0.15, -0.1) is 0 Å². The lowest BCUT2D eigenvalue weighted by molar-refractivity contribution is -0.137. The molecule has 0 unspecified atom stereocenters. The van der Waals surface area contributed by atoms with E-state index < -0.39 is 35.8 Å². The summed E-state index contributed by atoms with van der Waals surface area (Å²) in [5.41, 5.74) is -1.22. The number of anilines is 2. The summed E-state index contributed by atoms with van der Waals surface area (Å²) in [6, 6.07) is 7.44. The minimum Gasteiger partial charge on any atom is -0.376 e. The summed E-state index contributed by atoms with van der Waals surface area (Å²) in [6.45, 7) is -0.405. The molecule has 2 rings (SSSR count). The first kappa shape index (κ1) is 16.7. The molecule has 2 aromatic carbocycles. The van der Waals surface area contributed by atoms with Crippen LogP contribution in [0, 0.1) is 11.6 Å². The summed E-state index contributed by atoms with van der Waals surface area (Å²) in [6.07, 6.45) is -4.60. The summed E-state index contributed by atoms with van der Waals surface area (Å²) in [7, 11) is 0. The van der Waals surface area contributed by atoms with E-state index in [4.69, 9.17) is 0 Å². The van der Waals surface area contributed by atoms with E-state index in [1.165, 1.54) is 18.2 Å². The molecular formula is C15H11F5N2O. The van der Waals surface area contributed by atoms with Crippen molar-refractivity contribution >= 4 is 17.3 Å². The van der Waals surface area contributed by atoms with Gasteiger partial charge in [-0.1, -0.05) is 12.1 Å². The Morgan fingerprint density at radius 1 is 1.00 bits per heavy atom. The van der Waals surface area contributed by atoms with Crippen molar-refractivity contribution in [3.05, 3.63) is 59.7 Å². The summed E-state index contributed by atoms with van der Waals surface area (Å²) >= 11 is 0. The minimum atomic E-state index is -4.60. The van der Waals surface area contributed by atoms with Gasteiger partial charge in [-0.3, -0.25) is 4.79 Å². The van der Waals surface area contributed by atoms with Gasteiger partial charge in [0.15, 0.2) is 11.6 Å². The van der Waals surface area contributed by atoms with Crippen molar-refractivity contribution < 1.29 is 26.7 Å². The quantitative estimate of drug-likeness (QED) is 0.831. The second-order valence-corrected chi connectivity index (χ2v) is 4.57. The van der Waals surface area contributed by atoms with Crippen LogP contribution in [0.1, 0.15) is 5.56 Å². The molecule has 0 saturated heterocycles. The molecule has 0 radical (unpaired) electrons. The molecule has 0 spiro atoms. The molecule has 8 heteroatoms. The Morgan fingerprint density at radius 3 is 2.35 bits per heavy atom. The second-order valence-electron chi connectivity index (χ2n) is 4.57. The molecule has 0 heterocycles. The topological polar surface area (TPSA) is 41.1 Å². The predicted molar refractivity (Wildman–Crippen MR) is 74.9 cm³/mol. The highest BCUT2D eigenvalue weighted by molar-refractivity contribution is 5.94. The van der Waals surface area contributed by atoms with Gasteiger partial charge in [-0.25, -0.2) is 8.78 Å². The van der Waals surface area contributed by atoms with Crippen molar-refractivity contribution in [1.29, 1.82) is 0 Å². The van der Waals surface area contributed by atoms with Crippen molar-refractivity contribution in [2.45, 2.75) is 6.18 Å². The van der Waals surface area contributed by atoms with Crippen LogP contribution in [-0.4, -0.2) is 12.5 Å². The molecule has 0 aliphatic carbocycles. The van der Waals surface area contributed by atoms with Crippen LogP contribution < -0.4 is 10.6 Å². The molecule has 1 amide bonds. The Bertz CT molecular complexity index is 715. The Hall–Kier alpha value is -2.64. The standard InChI is InChI=1S/C15H11F5N2O/c16-11-6-5-9(7-12(11)17)21-8-14(23)22-13-4-2-1-3-10(13)15(18,19)20/h1-7,21H,8H2,(H,22,23). The van der Waals surface area contributed by atoms with E-state index in [0.717, 1.165) is 24.3 Å². The smallest absolute Gasteiger partial charge is 0.376 e. The van der Waals surface area contributed by atoms with Crippen LogP contribution >= 0.6 is 0 Å². The molecule has 3 nitrogen and oxygen atoms in total. The number of hydrogen-bond acceptors (Lipinski definition) is 2. The van der Waals surface area contributed by atoms with Crippen LogP contribution in [0.2, 0.25) is 0 Å². The second kappa shape index (κ2) is 6.64. The van der Waals surface area contributed by atoms with Gasteiger partial charge in [0.1, 0.15) is 0 Å². The molecule has 0 bridgehead atoms. The lowest BCUT2D eigenvalue weighted by Gasteiger charge is -2.14. The Morgan fingerprint density at radius 2 is 1.70 bits per heavy atom. The maximum absolute atomic E-state index is 13.0. The molecule has 0 aromatic heterocycles. The first-order chi connectivity index (χ1) is 10.8. The lowest BCUT2D eigenvalue weighted by Crippen LogP contribution is -2.23. The van der Waals surface area contributed by atoms with Crippen molar-refractivity contribution in [3.63, 3.8) is 0 Å². The van der Waals surface area contributed by atoms with Gasteiger partial charge in [0.2, 0.25) is 5.91 Å². The number of rotatable bonds is 4. The zero-order valence-electron chi connectivity index (χ0n) is 11.5. The maximum atomic E-state index is 13.0. The zero-order valence-corrected chi connectivity index (χ0v) is 11.5. The fourth-order valence-electron chi connectivity index (χ4n) is 1.82. The van der Waals surface area contributed by atoms with Crippen molar-refractivity contribution in [1.82, 2.24) is 0 Å². The average molecular weight is 330 g/mol. The van der Waals surface area contributed by atoms with E-state index in [-0.39, 0.29) is 11.4 Å². The number of hydrogen-bond donors (Lipinski definition) is 2. The molecule has 23 heavy (non-hydrogen) atoms. The number of carbonyl (C=O) groups is 1. The fourth-order valence-corrected chi connectivity index (χ4v) is 1.82. The van der Waals surface area contributed by atoms with Gasteiger partial charge < -0.3 is 10.6 Å². The van der Waals surface area contributed by atoms with Crippen molar-refractivity contribution in [2.75, 3.05) is 17.2 Å². The number of halogens is 5. The third-order valence-corrected chi connectivity index (χ3v) is 2.88. The number of benzene rings is 2. The van der Waals surface area contributed by atoms with Gasteiger partial charge in [-0.2, -0.15) is 13.2 Å². The molecule has 2 aromatic rings. The number of amides is 1. The average Bonchev–Trinajstić information content (AvgIpc) is 2.48. The summed E-state index contributed by atoms with van der Waals surface area (Å²) in [5, 5.41) is 4.62. The summed E-state index contributed by atoms with van der Waals surface area (Å²) in [4.78, 5) is 11.7. The van der Waals surface area contributed by atoms with Gasteiger partial charge in [0, 0.05) is 11.8 Å². The Balaban J connectivity index is 2.02. The van der Waals surface area contributed by atoms with E-state index in [1.807, 2.05) is 0 Å². The Kier molecular flexibility index (Phi) is 4.83. The van der Waals surface area contributed by atoms with Crippen molar-refractivity contribution in [2.24, 2.45) is 0 Å². The van der Waals surface area contributed by atoms with Crippen LogP contribution in [0.5, 0.6) is 0 Å². The van der Waals surface area contributed by atoms with Gasteiger partial charge in [0.25, 0.3) is 0 Å². The lowest BCUT2D eigenvalue weighted by atomic mass is 10.1. The highest BCUT2D eigenvalue weighted by Crippen LogP contribution is 2.34. The third-order valence-electron chi connectivity index (χ3n) is 2.88. The van der Waals surface area contributed by atoms with Crippen LogP contribution in [0.15, 0.2) is 42.5 Å². The summed E-state index contributed by atoms with van der Waals surface area (Å²) in [5.74, 6) is -2.90. The van der Waals surface area contributed by atoms with Crippen LogP contribution in [0.3, 0.4) is 0 Å². The zero-order chi connectivity index (χ0) is 17.0. The number of para-hydroxylation sites is 1.